The van der Waals surface area contributed by atoms with Crippen LogP contribution < -0.4 is 0 Å². The van der Waals surface area contributed by atoms with Crippen LogP contribution in [0.15, 0.2) is 12.2 Å². The number of fused-ring (bicyclic) bond motifs is 1. The number of esters is 1. The molecule has 0 radical (unpaired) electrons. The Morgan fingerprint density at radius 3 is 2.94 bits per heavy atom. The minimum atomic E-state index is -0.188. The van der Waals surface area contributed by atoms with Gasteiger partial charge in [0.2, 0.25) is 0 Å². The summed E-state index contributed by atoms with van der Waals surface area (Å²) < 4.78 is 11.7. The highest BCUT2D eigenvalue weighted by molar-refractivity contribution is 5.90. The molecule has 4 fully saturated rings. The van der Waals surface area contributed by atoms with Crippen molar-refractivity contribution in [2.24, 2.45) is 17.8 Å². The number of hydrogen-bond acceptors (Lipinski definition) is 3. The Balaban J connectivity index is 1.73. The van der Waals surface area contributed by atoms with E-state index in [-0.39, 0.29) is 29.2 Å². The van der Waals surface area contributed by atoms with E-state index in [1.807, 2.05) is 0 Å². The minimum Gasteiger partial charge on any atom is -0.458 e. The zero-order valence-electron chi connectivity index (χ0n) is 11.1. The molecule has 2 aliphatic carbocycles. The van der Waals surface area contributed by atoms with E-state index in [9.17, 15) is 4.79 Å². The Kier molecular flexibility index (Phi) is 1.84. The first kappa shape index (κ1) is 11.0. The molecule has 0 unspecified atom stereocenters. The van der Waals surface area contributed by atoms with Crippen LogP contribution in [0.2, 0.25) is 0 Å². The van der Waals surface area contributed by atoms with Crippen molar-refractivity contribution in [1.82, 2.24) is 0 Å². The number of carbonyl (C=O) groups excluding carboxylic acids is 1. The van der Waals surface area contributed by atoms with Crippen LogP contribution in [0.4, 0.5) is 0 Å². The zero-order chi connectivity index (χ0) is 12.7. The van der Waals surface area contributed by atoms with Crippen molar-refractivity contribution in [3.05, 3.63) is 12.2 Å². The van der Waals surface area contributed by atoms with Crippen LogP contribution in [-0.4, -0.2) is 23.3 Å². The normalized spacial score (nSPS) is 57.4. The van der Waals surface area contributed by atoms with Crippen molar-refractivity contribution >= 4 is 5.97 Å². The first-order chi connectivity index (χ1) is 8.47. The SMILES string of the molecule is C=C1C(=O)O[C@H]2C[C@H](C)[C@H]3CC[C@@]4(C)O[C@@]34C[C@@H]12. The van der Waals surface area contributed by atoms with Gasteiger partial charge in [-0.3, -0.25) is 0 Å². The van der Waals surface area contributed by atoms with Crippen LogP contribution in [-0.2, 0) is 14.3 Å². The summed E-state index contributed by atoms with van der Waals surface area (Å²) in [5, 5.41) is 0. The van der Waals surface area contributed by atoms with Crippen molar-refractivity contribution in [2.45, 2.75) is 56.8 Å². The number of epoxide rings is 1. The average Bonchev–Trinajstić information content (AvgIpc) is 2.72. The largest absolute Gasteiger partial charge is 0.458 e. The second kappa shape index (κ2) is 3.01. The summed E-state index contributed by atoms with van der Waals surface area (Å²) >= 11 is 0. The molecule has 98 valence electrons. The van der Waals surface area contributed by atoms with Gasteiger partial charge in [-0.15, -0.1) is 0 Å². The van der Waals surface area contributed by atoms with E-state index in [1.54, 1.807) is 0 Å². The summed E-state index contributed by atoms with van der Waals surface area (Å²) in [6.45, 7) is 8.47. The maximum absolute atomic E-state index is 11.7. The molecular weight excluding hydrogens is 228 g/mol. The number of ether oxygens (including phenoxy) is 2. The fourth-order valence-corrected chi connectivity index (χ4v) is 4.92. The van der Waals surface area contributed by atoms with Crippen LogP contribution in [0.3, 0.4) is 0 Å². The molecule has 0 bridgehead atoms. The van der Waals surface area contributed by atoms with Gasteiger partial charge in [-0.05, 0) is 44.4 Å². The highest BCUT2D eigenvalue weighted by Gasteiger charge is 2.76. The molecule has 0 aromatic heterocycles. The molecule has 0 aromatic carbocycles. The fourth-order valence-electron chi connectivity index (χ4n) is 4.92. The third-order valence-corrected chi connectivity index (χ3v) is 6.02. The minimum absolute atomic E-state index is 0.0166. The van der Waals surface area contributed by atoms with Gasteiger partial charge in [0.15, 0.2) is 0 Å². The summed E-state index contributed by atoms with van der Waals surface area (Å²) in [4.78, 5) is 11.7. The molecule has 4 aliphatic rings. The maximum Gasteiger partial charge on any atom is 0.334 e. The molecule has 2 saturated carbocycles. The van der Waals surface area contributed by atoms with Gasteiger partial charge in [-0.25, -0.2) is 4.79 Å². The molecule has 3 heteroatoms. The van der Waals surface area contributed by atoms with Crippen LogP contribution in [0.1, 0.15) is 39.5 Å². The van der Waals surface area contributed by atoms with Crippen molar-refractivity contribution in [3.63, 3.8) is 0 Å². The summed E-state index contributed by atoms with van der Waals surface area (Å²) in [7, 11) is 0. The Bertz CT molecular complexity index is 457. The molecule has 4 rings (SSSR count). The monoisotopic (exact) mass is 248 g/mol. The van der Waals surface area contributed by atoms with E-state index in [0.717, 1.165) is 12.8 Å². The number of hydrogen-bond donors (Lipinski definition) is 0. The van der Waals surface area contributed by atoms with Gasteiger partial charge < -0.3 is 9.47 Å². The third kappa shape index (κ3) is 1.08. The Labute approximate surface area is 108 Å². The van der Waals surface area contributed by atoms with Gasteiger partial charge in [-0.2, -0.15) is 0 Å². The van der Waals surface area contributed by atoms with Crippen molar-refractivity contribution < 1.29 is 14.3 Å². The summed E-state index contributed by atoms with van der Waals surface area (Å²) in [6.07, 6.45) is 4.39. The lowest BCUT2D eigenvalue weighted by Gasteiger charge is -2.24. The molecule has 6 atom stereocenters. The van der Waals surface area contributed by atoms with Crippen molar-refractivity contribution in [1.29, 1.82) is 0 Å². The number of carbonyl (C=O) groups is 1. The second-order valence-corrected chi connectivity index (χ2v) is 6.86. The highest BCUT2D eigenvalue weighted by Crippen LogP contribution is 2.69. The van der Waals surface area contributed by atoms with Crippen LogP contribution >= 0.6 is 0 Å². The quantitative estimate of drug-likeness (QED) is 0.375. The van der Waals surface area contributed by atoms with Gasteiger partial charge in [0, 0.05) is 11.5 Å². The van der Waals surface area contributed by atoms with E-state index in [1.165, 1.54) is 12.8 Å². The summed E-state index contributed by atoms with van der Waals surface area (Å²) in [5.74, 6) is 1.21. The Morgan fingerprint density at radius 2 is 2.22 bits per heavy atom. The second-order valence-electron chi connectivity index (χ2n) is 6.86. The lowest BCUT2D eigenvalue weighted by atomic mass is 9.79. The highest BCUT2D eigenvalue weighted by atomic mass is 16.6. The lowest BCUT2D eigenvalue weighted by Crippen LogP contribution is -2.29. The van der Waals surface area contributed by atoms with Crippen LogP contribution in [0, 0.1) is 17.8 Å². The summed E-state index contributed by atoms with van der Waals surface area (Å²) in [5.41, 5.74) is 0.752. The van der Waals surface area contributed by atoms with Gasteiger partial charge >= 0.3 is 5.97 Å². The average molecular weight is 248 g/mol. The molecule has 2 saturated heterocycles. The van der Waals surface area contributed by atoms with E-state index in [4.69, 9.17) is 9.47 Å². The maximum atomic E-state index is 11.7. The van der Waals surface area contributed by atoms with Crippen LogP contribution in [0.5, 0.6) is 0 Å². The summed E-state index contributed by atoms with van der Waals surface area (Å²) in [6, 6.07) is 0. The molecular formula is C15H20O3. The van der Waals surface area contributed by atoms with Crippen molar-refractivity contribution in [3.8, 4) is 0 Å². The Morgan fingerprint density at radius 1 is 1.44 bits per heavy atom. The van der Waals surface area contributed by atoms with Gasteiger partial charge in [-0.1, -0.05) is 13.5 Å². The molecule has 0 aromatic rings. The van der Waals surface area contributed by atoms with Gasteiger partial charge in [0.1, 0.15) is 11.7 Å². The molecule has 3 nitrogen and oxygen atoms in total. The lowest BCUT2D eigenvalue weighted by molar-refractivity contribution is -0.139. The molecule has 2 heterocycles. The van der Waals surface area contributed by atoms with E-state index in [0.29, 0.717) is 17.4 Å². The van der Waals surface area contributed by atoms with E-state index < -0.39 is 0 Å². The van der Waals surface area contributed by atoms with E-state index in [2.05, 4.69) is 20.4 Å². The Hall–Kier alpha value is -0.830. The van der Waals surface area contributed by atoms with Crippen LogP contribution in [0.25, 0.3) is 0 Å². The topological polar surface area (TPSA) is 38.8 Å². The molecule has 0 amide bonds. The first-order valence-corrected chi connectivity index (χ1v) is 7.07. The van der Waals surface area contributed by atoms with Gasteiger partial charge in [0.25, 0.3) is 0 Å². The molecule has 1 spiro atoms. The standard InChI is InChI=1S/C15H20O3/c1-8-6-12-10(9(2)13(16)17-12)7-15-11(8)4-5-14(15,3)18-15/h8,10-12H,2,4-7H2,1,3H3/t8-,10-,11+,12-,14+,15-/m0/s1. The van der Waals surface area contributed by atoms with E-state index >= 15 is 0 Å². The molecule has 2 aliphatic heterocycles. The van der Waals surface area contributed by atoms with Crippen molar-refractivity contribution in [2.75, 3.05) is 0 Å². The fraction of sp³-hybridized carbons (Fsp3) is 0.800. The smallest absolute Gasteiger partial charge is 0.334 e. The first-order valence-electron chi connectivity index (χ1n) is 7.07. The number of rotatable bonds is 0. The molecule has 0 N–H and O–H groups in total. The molecule has 18 heavy (non-hydrogen) atoms. The third-order valence-electron chi connectivity index (χ3n) is 6.02. The van der Waals surface area contributed by atoms with Gasteiger partial charge in [0.05, 0.1) is 5.60 Å². The predicted molar refractivity (Wildman–Crippen MR) is 65.9 cm³/mol. The predicted octanol–water partition coefficient (Wildman–Crippen LogP) is 2.45. The zero-order valence-corrected chi connectivity index (χ0v) is 11.1.